The SMILES string of the molecule is C#CCn1cc(-c2ccccc2C=O)c(-c2cc(Cl)cc(Cl)c2)n1. The smallest absolute Gasteiger partial charge is 0.150 e. The Hall–Kier alpha value is -2.54. The second kappa shape index (κ2) is 6.92. The molecule has 0 atom stereocenters. The fourth-order valence-corrected chi connectivity index (χ4v) is 3.07. The normalized spacial score (nSPS) is 10.4. The average molecular weight is 355 g/mol. The topological polar surface area (TPSA) is 34.9 Å². The molecular weight excluding hydrogens is 343 g/mol. The first-order valence-corrected chi connectivity index (χ1v) is 7.90. The summed E-state index contributed by atoms with van der Waals surface area (Å²) in [6.45, 7) is 0.324. The van der Waals surface area contributed by atoms with Gasteiger partial charge in [0.05, 0.1) is 0 Å². The highest BCUT2D eigenvalue weighted by Gasteiger charge is 2.16. The van der Waals surface area contributed by atoms with E-state index < -0.39 is 0 Å². The molecule has 118 valence electrons. The number of rotatable bonds is 4. The zero-order valence-corrected chi connectivity index (χ0v) is 14.1. The third-order valence-electron chi connectivity index (χ3n) is 3.53. The maximum atomic E-state index is 11.4. The molecule has 0 aliphatic rings. The molecule has 0 saturated carbocycles. The lowest BCUT2D eigenvalue weighted by Crippen LogP contribution is -1.95. The fourth-order valence-electron chi connectivity index (χ4n) is 2.54. The van der Waals surface area contributed by atoms with Crippen molar-refractivity contribution in [2.75, 3.05) is 0 Å². The highest BCUT2D eigenvalue weighted by Crippen LogP contribution is 2.35. The van der Waals surface area contributed by atoms with Crippen molar-refractivity contribution in [1.82, 2.24) is 9.78 Å². The molecule has 24 heavy (non-hydrogen) atoms. The average Bonchev–Trinajstić information content (AvgIpc) is 2.98. The number of benzene rings is 2. The molecule has 3 rings (SSSR count). The van der Waals surface area contributed by atoms with Gasteiger partial charge in [-0.1, -0.05) is 53.4 Å². The fraction of sp³-hybridized carbons (Fsp3) is 0.0526. The Morgan fingerprint density at radius 3 is 2.50 bits per heavy atom. The summed E-state index contributed by atoms with van der Waals surface area (Å²) in [6, 6.07) is 12.5. The summed E-state index contributed by atoms with van der Waals surface area (Å²) in [5.41, 5.74) is 3.59. The van der Waals surface area contributed by atoms with E-state index in [0.717, 1.165) is 23.0 Å². The molecule has 1 heterocycles. The summed E-state index contributed by atoms with van der Waals surface area (Å²) < 4.78 is 1.65. The van der Waals surface area contributed by atoms with Crippen molar-refractivity contribution in [1.29, 1.82) is 0 Å². The van der Waals surface area contributed by atoms with Gasteiger partial charge in [-0.25, -0.2) is 0 Å². The minimum Gasteiger partial charge on any atom is -0.298 e. The number of carbonyl (C=O) groups is 1. The van der Waals surface area contributed by atoms with Crippen LogP contribution in [-0.4, -0.2) is 16.1 Å². The van der Waals surface area contributed by atoms with Crippen LogP contribution in [0.1, 0.15) is 10.4 Å². The monoisotopic (exact) mass is 354 g/mol. The lowest BCUT2D eigenvalue weighted by atomic mass is 9.98. The lowest BCUT2D eigenvalue weighted by molar-refractivity contribution is 0.112. The molecule has 0 aliphatic carbocycles. The molecule has 1 aromatic heterocycles. The molecule has 0 N–H and O–H groups in total. The highest BCUT2D eigenvalue weighted by molar-refractivity contribution is 6.35. The van der Waals surface area contributed by atoms with Crippen LogP contribution < -0.4 is 0 Å². The van der Waals surface area contributed by atoms with Gasteiger partial charge in [-0.15, -0.1) is 6.42 Å². The predicted octanol–water partition coefficient (Wildman–Crippen LogP) is 4.97. The predicted molar refractivity (Wildman–Crippen MR) is 97.3 cm³/mol. The number of halogens is 2. The molecule has 5 heteroatoms. The molecule has 0 aliphatic heterocycles. The van der Waals surface area contributed by atoms with E-state index in [0.29, 0.717) is 27.8 Å². The van der Waals surface area contributed by atoms with E-state index >= 15 is 0 Å². The minimum absolute atomic E-state index is 0.324. The number of carbonyl (C=O) groups excluding carboxylic acids is 1. The number of nitrogens with zero attached hydrogens (tertiary/aromatic N) is 2. The van der Waals surface area contributed by atoms with E-state index in [1.54, 1.807) is 28.9 Å². The number of aldehydes is 1. The lowest BCUT2D eigenvalue weighted by Gasteiger charge is -2.06. The summed E-state index contributed by atoms with van der Waals surface area (Å²) in [5, 5.41) is 5.57. The number of hydrogen-bond acceptors (Lipinski definition) is 2. The van der Waals surface area contributed by atoms with Gasteiger partial charge in [0.2, 0.25) is 0 Å². The maximum Gasteiger partial charge on any atom is 0.150 e. The van der Waals surface area contributed by atoms with E-state index in [9.17, 15) is 4.79 Å². The second-order valence-electron chi connectivity index (χ2n) is 5.16. The van der Waals surface area contributed by atoms with Crippen molar-refractivity contribution in [3.05, 3.63) is 64.3 Å². The molecule has 0 radical (unpaired) electrons. The Balaban J connectivity index is 2.25. The van der Waals surface area contributed by atoms with Gasteiger partial charge in [0, 0.05) is 32.9 Å². The molecule has 3 nitrogen and oxygen atoms in total. The Bertz CT molecular complexity index is 934. The molecule has 0 unspecified atom stereocenters. The first-order chi connectivity index (χ1) is 11.6. The van der Waals surface area contributed by atoms with Crippen LogP contribution in [0.2, 0.25) is 10.0 Å². The van der Waals surface area contributed by atoms with Crippen molar-refractivity contribution in [3.8, 4) is 34.7 Å². The second-order valence-corrected chi connectivity index (χ2v) is 6.03. The molecule has 0 spiro atoms. The molecule has 0 bridgehead atoms. The summed E-state index contributed by atoms with van der Waals surface area (Å²) in [5.74, 6) is 2.56. The zero-order chi connectivity index (χ0) is 17.1. The van der Waals surface area contributed by atoms with Gasteiger partial charge in [-0.05, 0) is 23.8 Å². The van der Waals surface area contributed by atoms with Crippen LogP contribution in [0, 0.1) is 12.3 Å². The zero-order valence-electron chi connectivity index (χ0n) is 12.5. The van der Waals surface area contributed by atoms with E-state index in [1.165, 1.54) is 0 Å². The number of aromatic nitrogens is 2. The van der Waals surface area contributed by atoms with Gasteiger partial charge in [0.15, 0.2) is 6.29 Å². The van der Waals surface area contributed by atoms with Crippen LogP contribution in [0.5, 0.6) is 0 Å². The van der Waals surface area contributed by atoms with Gasteiger partial charge >= 0.3 is 0 Å². The van der Waals surface area contributed by atoms with Crippen molar-refractivity contribution in [3.63, 3.8) is 0 Å². The van der Waals surface area contributed by atoms with Gasteiger partial charge in [0.25, 0.3) is 0 Å². The molecule has 0 amide bonds. The van der Waals surface area contributed by atoms with Crippen molar-refractivity contribution in [2.45, 2.75) is 6.54 Å². The molecule has 3 aromatic rings. The standard InChI is InChI=1S/C19H12Cl2N2O/c1-2-7-23-11-18(17-6-4-3-5-13(17)12-24)19(22-23)14-8-15(20)10-16(21)9-14/h1,3-6,8-12H,7H2. The highest BCUT2D eigenvalue weighted by atomic mass is 35.5. The first-order valence-electron chi connectivity index (χ1n) is 7.14. The summed E-state index contributed by atoms with van der Waals surface area (Å²) in [6.07, 6.45) is 8.04. The van der Waals surface area contributed by atoms with Crippen molar-refractivity contribution < 1.29 is 4.79 Å². The molecule has 0 saturated heterocycles. The number of terminal acetylenes is 1. The minimum atomic E-state index is 0.324. The Kier molecular flexibility index (Phi) is 4.71. The van der Waals surface area contributed by atoms with E-state index in [2.05, 4.69) is 11.0 Å². The summed E-state index contributed by atoms with van der Waals surface area (Å²) >= 11 is 12.2. The van der Waals surface area contributed by atoms with E-state index in [-0.39, 0.29) is 0 Å². The third-order valence-corrected chi connectivity index (χ3v) is 3.97. The van der Waals surface area contributed by atoms with Crippen LogP contribution in [0.25, 0.3) is 22.4 Å². The van der Waals surface area contributed by atoms with Gasteiger partial charge in [0.1, 0.15) is 12.2 Å². The van der Waals surface area contributed by atoms with Crippen LogP contribution in [0.4, 0.5) is 0 Å². The molecule has 2 aromatic carbocycles. The molecule has 0 fully saturated rings. The van der Waals surface area contributed by atoms with Gasteiger partial charge < -0.3 is 0 Å². The van der Waals surface area contributed by atoms with Crippen LogP contribution in [0.3, 0.4) is 0 Å². The first kappa shape index (κ1) is 16.3. The Morgan fingerprint density at radius 2 is 1.83 bits per heavy atom. The van der Waals surface area contributed by atoms with Gasteiger partial charge in [-0.2, -0.15) is 5.10 Å². The quantitative estimate of drug-likeness (QED) is 0.489. The third kappa shape index (κ3) is 3.21. The largest absolute Gasteiger partial charge is 0.298 e. The summed E-state index contributed by atoms with van der Waals surface area (Å²) in [7, 11) is 0. The van der Waals surface area contributed by atoms with Gasteiger partial charge in [-0.3, -0.25) is 9.48 Å². The van der Waals surface area contributed by atoms with E-state index in [4.69, 9.17) is 29.6 Å². The summed E-state index contributed by atoms with van der Waals surface area (Å²) in [4.78, 5) is 11.4. The van der Waals surface area contributed by atoms with Crippen molar-refractivity contribution >= 4 is 29.5 Å². The Morgan fingerprint density at radius 1 is 1.12 bits per heavy atom. The molecular formula is C19H12Cl2N2O. The maximum absolute atomic E-state index is 11.4. The van der Waals surface area contributed by atoms with Crippen LogP contribution in [-0.2, 0) is 6.54 Å². The van der Waals surface area contributed by atoms with E-state index in [1.807, 2.05) is 24.4 Å². The van der Waals surface area contributed by atoms with Crippen LogP contribution in [0.15, 0.2) is 48.7 Å². The number of hydrogen-bond donors (Lipinski definition) is 0. The van der Waals surface area contributed by atoms with Crippen LogP contribution >= 0.6 is 23.2 Å². The Labute approximate surface area is 149 Å². The van der Waals surface area contributed by atoms with Crippen molar-refractivity contribution in [2.24, 2.45) is 0 Å².